The Morgan fingerprint density at radius 2 is 2.15 bits per heavy atom. The highest BCUT2D eigenvalue weighted by Crippen LogP contribution is 2.28. The van der Waals surface area contributed by atoms with Gasteiger partial charge in [0, 0.05) is 37.2 Å². The van der Waals surface area contributed by atoms with E-state index in [-0.39, 0.29) is 5.91 Å². The van der Waals surface area contributed by atoms with E-state index >= 15 is 0 Å². The molecule has 0 aliphatic carbocycles. The number of hydrogen-bond donors (Lipinski definition) is 1. The fourth-order valence-corrected chi connectivity index (χ4v) is 4.80. The van der Waals surface area contributed by atoms with Crippen molar-refractivity contribution in [3.8, 4) is 0 Å². The van der Waals surface area contributed by atoms with E-state index in [1.54, 1.807) is 6.20 Å². The second-order valence-electron chi connectivity index (χ2n) is 5.90. The largest absolute Gasteiger partial charge is 0.382 e. The molecule has 1 fully saturated rings. The molecule has 6 nitrogen and oxygen atoms in total. The summed E-state index contributed by atoms with van der Waals surface area (Å²) in [7, 11) is 0. The van der Waals surface area contributed by atoms with Gasteiger partial charge in [-0.25, -0.2) is 4.98 Å². The van der Waals surface area contributed by atoms with Crippen LogP contribution in [-0.2, 0) is 9.63 Å². The lowest BCUT2D eigenvalue weighted by Crippen LogP contribution is -2.35. The number of halogens is 1. The third-order valence-corrected chi connectivity index (χ3v) is 6.40. The SMILES string of the molecule is O=C(Nc1cccnc1N1CCSCC1)[C@@H]1CC(c2ccc(Cl)s2)=NO1. The fraction of sp³-hybridized carbons (Fsp3) is 0.353. The molecule has 0 saturated carbocycles. The van der Waals surface area contributed by atoms with Gasteiger partial charge < -0.3 is 15.1 Å². The summed E-state index contributed by atoms with van der Waals surface area (Å²) in [4.78, 5) is 25.6. The summed E-state index contributed by atoms with van der Waals surface area (Å²) in [5, 5.41) is 7.01. The van der Waals surface area contributed by atoms with Crippen molar-refractivity contribution in [2.45, 2.75) is 12.5 Å². The van der Waals surface area contributed by atoms with Crippen molar-refractivity contribution >= 4 is 57.8 Å². The molecule has 0 aromatic carbocycles. The molecule has 1 N–H and O–H groups in total. The summed E-state index contributed by atoms with van der Waals surface area (Å²) >= 11 is 9.33. The highest BCUT2D eigenvalue weighted by atomic mass is 35.5. The second-order valence-corrected chi connectivity index (χ2v) is 8.84. The first-order valence-electron chi connectivity index (χ1n) is 8.27. The molecule has 1 saturated heterocycles. The molecule has 9 heteroatoms. The molecule has 26 heavy (non-hydrogen) atoms. The standard InChI is InChI=1S/C17H17ClN4O2S2/c18-15-4-3-14(26-15)12-10-13(24-21-12)17(23)20-11-2-1-5-19-16(11)22-6-8-25-9-7-22/h1-5,13H,6-10H2,(H,20,23)/t13-/m0/s1. The number of rotatable bonds is 4. The number of thioether (sulfide) groups is 1. The lowest BCUT2D eigenvalue weighted by atomic mass is 10.1. The van der Waals surface area contributed by atoms with Gasteiger partial charge in [-0.1, -0.05) is 16.8 Å². The van der Waals surface area contributed by atoms with Crippen LogP contribution in [0.1, 0.15) is 11.3 Å². The Bertz CT molecular complexity index is 836. The minimum absolute atomic E-state index is 0.216. The molecule has 136 valence electrons. The normalized spacial score (nSPS) is 19.8. The predicted octanol–water partition coefficient (Wildman–Crippen LogP) is 3.48. The topological polar surface area (TPSA) is 66.8 Å². The predicted molar refractivity (Wildman–Crippen MR) is 108 cm³/mol. The molecule has 0 bridgehead atoms. The summed E-state index contributed by atoms with van der Waals surface area (Å²) in [5.74, 6) is 2.73. The van der Waals surface area contributed by atoms with Crippen LogP contribution in [0.15, 0.2) is 35.6 Å². The number of thiophene rings is 1. The van der Waals surface area contributed by atoms with E-state index in [1.807, 2.05) is 36.0 Å². The summed E-state index contributed by atoms with van der Waals surface area (Å²) in [6.45, 7) is 1.85. The van der Waals surface area contributed by atoms with Gasteiger partial charge in [0.05, 0.1) is 14.9 Å². The lowest BCUT2D eigenvalue weighted by Gasteiger charge is -2.29. The van der Waals surface area contributed by atoms with Crippen molar-refractivity contribution in [1.82, 2.24) is 4.98 Å². The maximum Gasteiger partial charge on any atom is 0.268 e. The summed E-state index contributed by atoms with van der Waals surface area (Å²) in [6.07, 6.45) is 1.54. The third kappa shape index (κ3) is 3.82. The van der Waals surface area contributed by atoms with Gasteiger partial charge in [0.25, 0.3) is 5.91 Å². The van der Waals surface area contributed by atoms with Crippen LogP contribution in [0.3, 0.4) is 0 Å². The summed E-state index contributed by atoms with van der Waals surface area (Å²) in [5.41, 5.74) is 1.46. The Labute approximate surface area is 164 Å². The Kier molecular flexibility index (Phi) is 5.33. The molecule has 2 aromatic rings. The number of aromatic nitrogens is 1. The van der Waals surface area contributed by atoms with Crippen LogP contribution >= 0.6 is 34.7 Å². The van der Waals surface area contributed by atoms with Crippen molar-refractivity contribution in [3.63, 3.8) is 0 Å². The zero-order valence-electron chi connectivity index (χ0n) is 13.9. The van der Waals surface area contributed by atoms with Crippen molar-refractivity contribution in [2.75, 3.05) is 34.8 Å². The molecular formula is C17H17ClN4O2S2. The van der Waals surface area contributed by atoms with Crippen LogP contribution < -0.4 is 10.2 Å². The van der Waals surface area contributed by atoms with Crippen LogP contribution in [-0.4, -0.2) is 47.3 Å². The van der Waals surface area contributed by atoms with Crippen molar-refractivity contribution < 1.29 is 9.63 Å². The molecular weight excluding hydrogens is 392 g/mol. The van der Waals surface area contributed by atoms with E-state index in [9.17, 15) is 4.79 Å². The van der Waals surface area contributed by atoms with E-state index in [2.05, 4.69) is 20.4 Å². The Balaban J connectivity index is 1.43. The van der Waals surface area contributed by atoms with E-state index in [0.717, 1.165) is 41.0 Å². The zero-order valence-corrected chi connectivity index (χ0v) is 16.2. The number of anilines is 2. The van der Waals surface area contributed by atoms with E-state index in [4.69, 9.17) is 16.4 Å². The summed E-state index contributed by atoms with van der Waals surface area (Å²) in [6, 6.07) is 7.40. The van der Waals surface area contributed by atoms with Crippen LogP contribution in [0, 0.1) is 0 Å². The van der Waals surface area contributed by atoms with Gasteiger partial charge in [-0.05, 0) is 24.3 Å². The molecule has 1 amide bonds. The first-order chi connectivity index (χ1) is 12.7. The molecule has 1 atom stereocenters. The zero-order chi connectivity index (χ0) is 17.9. The maximum atomic E-state index is 12.6. The quantitative estimate of drug-likeness (QED) is 0.838. The Morgan fingerprint density at radius 3 is 2.92 bits per heavy atom. The van der Waals surface area contributed by atoms with Crippen molar-refractivity contribution in [3.05, 3.63) is 39.7 Å². The number of oxime groups is 1. The average molecular weight is 409 g/mol. The first-order valence-corrected chi connectivity index (χ1v) is 10.6. The third-order valence-electron chi connectivity index (χ3n) is 4.17. The molecule has 2 aliphatic heterocycles. The molecule has 2 aliphatic rings. The van der Waals surface area contributed by atoms with Crippen LogP contribution in [0.2, 0.25) is 4.34 Å². The van der Waals surface area contributed by atoms with Gasteiger partial charge in [0.1, 0.15) is 5.71 Å². The molecule has 0 unspecified atom stereocenters. The van der Waals surface area contributed by atoms with Crippen LogP contribution in [0.25, 0.3) is 0 Å². The number of carbonyl (C=O) groups is 1. The number of hydrogen-bond acceptors (Lipinski definition) is 7. The second kappa shape index (κ2) is 7.85. The number of nitrogens with one attached hydrogen (secondary N) is 1. The smallest absolute Gasteiger partial charge is 0.268 e. The maximum absolute atomic E-state index is 12.6. The minimum atomic E-state index is -0.643. The van der Waals surface area contributed by atoms with Crippen molar-refractivity contribution in [2.24, 2.45) is 5.16 Å². The van der Waals surface area contributed by atoms with Gasteiger partial charge in [0.15, 0.2) is 5.82 Å². The average Bonchev–Trinajstić information content (AvgIpc) is 3.32. The van der Waals surface area contributed by atoms with Gasteiger partial charge in [0.2, 0.25) is 6.10 Å². The van der Waals surface area contributed by atoms with Gasteiger partial charge in [-0.2, -0.15) is 11.8 Å². The Hall–Kier alpha value is -1.77. The Morgan fingerprint density at radius 1 is 1.31 bits per heavy atom. The number of amides is 1. The van der Waals surface area contributed by atoms with Gasteiger partial charge in [-0.3, -0.25) is 4.79 Å². The van der Waals surface area contributed by atoms with E-state index in [0.29, 0.717) is 16.4 Å². The first kappa shape index (κ1) is 17.6. The summed E-state index contributed by atoms with van der Waals surface area (Å²) < 4.78 is 0.690. The number of pyridine rings is 1. The number of carbonyl (C=O) groups excluding carboxylic acids is 1. The number of nitrogens with zero attached hydrogens (tertiary/aromatic N) is 3. The van der Waals surface area contributed by atoms with Gasteiger partial charge >= 0.3 is 0 Å². The van der Waals surface area contributed by atoms with Gasteiger partial charge in [-0.15, -0.1) is 11.3 Å². The van der Waals surface area contributed by atoms with E-state index < -0.39 is 6.10 Å². The lowest BCUT2D eigenvalue weighted by molar-refractivity contribution is -0.125. The highest BCUT2D eigenvalue weighted by molar-refractivity contribution is 7.99. The monoisotopic (exact) mass is 408 g/mol. The minimum Gasteiger partial charge on any atom is -0.382 e. The van der Waals surface area contributed by atoms with Crippen LogP contribution in [0.4, 0.5) is 11.5 Å². The molecule has 4 rings (SSSR count). The fourth-order valence-electron chi connectivity index (χ4n) is 2.87. The van der Waals surface area contributed by atoms with E-state index in [1.165, 1.54) is 11.3 Å². The molecule has 0 radical (unpaired) electrons. The molecule has 0 spiro atoms. The molecule has 2 aromatic heterocycles. The molecule has 4 heterocycles. The highest BCUT2D eigenvalue weighted by Gasteiger charge is 2.30. The van der Waals surface area contributed by atoms with Crippen molar-refractivity contribution in [1.29, 1.82) is 0 Å². The van der Waals surface area contributed by atoms with Crippen LogP contribution in [0.5, 0.6) is 0 Å².